The molecule has 5 aromatic rings. The van der Waals surface area contributed by atoms with Crippen LogP contribution in [0.5, 0.6) is 0 Å². The third kappa shape index (κ3) is 4.58. The Kier molecular flexibility index (Phi) is 6.51. The third-order valence-electron chi connectivity index (χ3n) is 6.31. The van der Waals surface area contributed by atoms with E-state index < -0.39 is 0 Å². The average molecular weight is 500 g/mol. The van der Waals surface area contributed by atoms with E-state index in [2.05, 4.69) is 98.6 Å². The quantitative estimate of drug-likeness (QED) is 0.295. The molecule has 0 radical (unpaired) electrons. The van der Waals surface area contributed by atoms with Crippen LogP contribution in [0.25, 0.3) is 9.75 Å². The Balaban J connectivity index is 1.47. The van der Waals surface area contributed by atoms with Crippen molar-refractivity contribution >= 4 is 22.7 Å². The van der Waals surface area contributed by atoms with E-state index in [9.17, 15) is 0 Å². The standard InChI is InChI=1S/C27H25N5OS2/c1-3-8-20(9-4-1)25(21-10-5-2-6-11-21)32-27(28-29-30-32)26(31-15-17-33-18-16-31)24-14-13-23(35-24)22-12-7-19-34-22/h1-14,19,25-26H,15-18H2/t26-/m1/s1. The summed E-state index contributed by atoms with van der Waals surface area (Å²) in [6.07, 6.45) is 0. The van der Waals surface area contributed by atoms with Gasteiger partial charge in [-0.05, 0) is 45.1 Å². The number of ether oxygens (including phenoxy) is 1. The van der Waals surface area contributed by atoms with Gasteiger partial charge < -0.3 is 4.74 Å². The number of thiophene rings is 2. The highest BCUT2D eigenvalue weighted by molar-refractivity contribution is 7.21. The van der Waals surface area contributed by atoms with E-state index in [1.165, 1.54) is 14.6 Å². The van der Waals surface area contributed by atoms with Gasteiger partial charge in [-0.2, -0.15) is 0 Å². The summed E-state index contributed by atoms with van der Waals surface area (Å²) in [4.78, 5) is 6.25. The molecule has 0 saturated carbocycles. The zero-order valence-electron chi connectivity index (χ0n) is 19.1. The van der Waals surface area contributed by atoms with Crippen LogP contribution in [0.15, 0.2) is 90.3 Å². The van der Waals surface area contributed by atoms with Crippen molar-refractivity contribution in [2.24, 2.45) is 0 Å². The first-order chi connectivity index (χ1) is 17.4. The summed E-state index contributed by atoms with van der Waals surface area (Å²) in [5.74, 6) is 0.851. The maximum atomic E-state index is 5.69. The van der Waals surface area contributed by atoms with Crippen molar-refractivity contribution in [3.63, 3.8) is 0 Å². The lowest BCUT2D eigenvalue weighted by Crippen LogP contribution is -2.40. The van der Waals surface area contributed by atoms with Crippen LogP contribution in [-0.2, 0) is 4.74 Å². The molecular formula is C27H25N5OS2. The summed E-state index contributed by atoms with van der Waals surface area (Å²) < 4.78 is 7.70. The highest BCUT2D eigenvalue weighted by atomic mass is 32.1. The number of nitrogens with zero attached hydrogens (tertiary/aromatic N) is 5. The number of hydrogen-bond acceptors (Lipinski definition) is 7. The normalized spacial score (nSPS) is 15.5. The molecule has 1 aliphatic heterocycles. The molecule has 1 fully saturated rings. The van der Waals surface area contributed by atoms with Gasteiger partial charge in [-0.3, -0.25) is 4.90 Å². The molecule has 8 heteroatoms. The summed E-state index contributed by atoms with van der Waals surface area (Å²) in [7, 11) is 0. The Morgan fingerprint density at radius 2 is 1.46 bits per heavy atom. The molecule has 35 heavy (non-hydrogen) atoms. The van der Waals surface area contributed by atoms with Gasteiger partial charge in [0.2, 0.25) is 0 Å². The zero-order valence-corrected chi connectivity index (χ0v) is 20.7. The summed E-state index contributed by atoms with van der Waals surface area (Å²) in [5.41, 5.74) is 2.30. The summed E-state index contributed by atoms with van der Waals surface area (Å²) in [6, 6.07) is 29.5. The van der Waals surface area contributed by atoms with Gasteiger partial charge >= 0.3 is 0 Å². The van der Waals surface area contributed by atoms with E-state index in [4.69, 9.17) is 4.74 Å². The molecule has 0 amide bonds. The van der Waals surface area contributed by atoms with Crippen LogP contribution < -0.4 is 0 Å². The fourth-order valence-electron chi connectivity index (χ4n) is 4.67. The Hall–Kier alpha value is -3.17. The van der Waals surface area contributed by atoms with Gasteiger partial charge in [0.15, 0.2) is 5.82 Å². The molecule has 0 aliphatic carbocycles. The molecule has 4 heterocycles. The highest BCUT2D eigenvalue weighted by Gasteiger charge is 2.33. The maximum Gasteiger partial charge on any atom is 0.174 e. The molecule has 6 nitrogen and oxygen atoms in total. The zero-order chi connectivity index (χ0) is 23.5. The summed E-state index contributed by atoms with van der Waals surface area (Å²) in [6.45, 7) is 3.10. The lowest BCUT2D eigenvalue weighted by Gasteiger charge is -2.34. The van der Waals surface area contributed by atoms with Crippen molar-refractivity contribution in [3.8, 4) is 9.75 Å². The lowest BCUT2D eigenvalue weighted by atomic mass is 9.98. The topological polar surface area (TPSA) is 56.1 Å². The molecule has 0 N–H and O–H groups in total. The smallest absolute Gasteiger partial charge is 0.174 e. The predicted octanol–water partition coefficient (Wildman–Crippen LogP) is 5.52. The molecule has 0 spiro atoms. The Labute approximate surface area is 212 Å². The first-order valence-corrected chi connectivity index (χ1v) is 13.4. The number of hydrogen-bond donors (Lipinski definition) is 0. The molecule has 3 aromatic heterocycles. The molecule has 6 rings (SSSR count). The predicted molar refractivity (Wildman–Crippen MR) is 140 cm³/mol. The van der Waals surface area contributed by atoms with Crippen LogP contribution in [0, 0.1) is 0 Å². The second kappa shape index (κ2) is 10.2. The minimum Gasteiger partial charge on any atom is -0.379 e. The number of benzene rings is 2. The van der Waals surface area contributed by atoms with E-state index in [1.807, 2.05) is 28.2 Å². The molecule has 2 aromatic carbocycles. The minimum absolute atomic E-state index is 0.0532. The van der Waals surface area contributed by atoms with Crippen molar-refractivity contribution in [1.29, 1.82) is 0 Å². The first-order valence-electron chi connectivity index (χ1n) is 11.7. The number of rotatable bonds is 7. The lowest BCUT2D eigenvalue weighted by molar-refractivity contribution is 0.0222. The van der Waals surface area contributed by atoms with Gasteiger partial charge in [-0.15, -0.1) is 27.8 Å². The van der Waals surface area contributed by atoms with E-state index in [1.54, 1.807) is 11.3 Å². The first kappa shape index (κ1) is 22.3. The highest BCUT2D eigenvalue weighted by Crippen LogP contribution is 2.39. The summed E-state index contributed by atoms with van der Waals surface area (Å²) >= 11 is 3.59. The third-order valence-corrected chi connectivity index (χ3v) is 8.51. The molecule has 176 valence electrons. The molecule has 1 atom stereocenters. The van der Waals surface area contributed by atoms with E-state index in [-0.39, 0.29) is 12.1 Å². The van der Waals surface area contributed by atoms with Crippen molar-refractivity contribution in [2.75, 3.05) is 26.3 Å². The Morgan fingerprint density at radius 3 is 2.11 bits per heavy atom. The van der Waals surface area contributed by atoms with Crippen molar-refractivity contribution in [3.05, 3.63) is 112 Å². The molecule has 1 aliphatic rings. The Bertz CT molecular complexity index is 1310. The SMILES string of the molecule is c1ccc(C(c2ccccc2)n2nnnc2[C@@H](c2ccc(-c3cccs3)s2)N2CCOCC2)cc1. The van der Waals surface area contributed by atoms with Crippen LogP contribution >= 0.6 is 22.7 Å². The van der Waals surface area contributed by atoms with Crippen molar-refractivity contribution in [1.82, 2.24) is 25.1 Å². The molecular weight excluding hydrogens is 474 g/mol. The van der Waals surface area contributed by atoms with Crippen LogP contribution in [0.2, 0.25) is 0 Å². The van der Waals surface area contributed by atoms with E-state index in [0.717, 1.165) is 30.0 Å². The van der Waals surface area contributed by atoms with E-state index >= 15 is 0 Å². The minimum atomic E-state index is -0.123. The van der Waals surface area contributed by atoms with Gasteiger partial charge in [-0.25, -0.2) is 4.68 Å². The molecule has 0 unspecified atom stereocenters. The van der Waals surface area contributed by atoms with Crippen LogP contribution in [0.1, 0.15) is 33.9 Å². The van der Waals surface area contributed by atoms with Crippen molar-refractivity contribution < 1.29 is 4.74 Å². The average Bonchev–Trinajstić information content (AvgIpc) is 3.70. The largest absolute Gasteiger partial charge is 0.379 e. The van der Waals surface area contributed by atoms with E-state index in [0.29, 0.717) is 13.2 Å². The fourth-order valence-corrected chi connectivity index (χ4v) is 6.64. The van der Waals surface area contributed by atoms with Gasteiger partial charge in [0.05, 0.1) is 13.2 Å². The van der Waals surface area contributed by atoms with Crippen molar-refractivity contribution in [2.45, 2.75) is 12.1 Å². The van der Waals surface area contributed by atoms with Gasteiger partial charge in [0, 0.05) is 27.7 Å². The maximum absolute atomic E-state index is 5.69. The Morgan fingerprint density at radius 1 is 0.743 bits per heavy atom. The summed E-state index contributed by atoms with van der Waals surface area (Å²) in [5, 5.41) is 15.5. The fraction of sp³-hybridized carbons (Fsp3) is 0.222. The number of morpholine rings is 1. The van der Waals surface area contributed by atoms with Crippen LogP contribution in [-0.4, -0.2) is 51.4 Å². The second-order valence-electron chi connectivity index (χ2n) is 8.44. The number of tetrazole rings is 1. The van der Waals surface area contributed by atoms with Crippen LogP contribution in [0.3, 0.4) is 0 Å². The second-order valence-corrected chi connectivity index (χ2v) is 10.5. The monoisotopic (exact) mass is 499 g/mol. The van der Waals surface area contributed by atoms with Gasteiger partial charge in [0.1, 0.15) is 12.1 Å². The van der Waals surface area contributed by atoms with Gasteiger partial charge in [0.25, 0.3) is 0 Å². The number of aromatic nitrogens is 4. The molecule has 1 saturated heterocycles. The molecule has 0 bridgehead atoms. The van der Waals surface area contributed by atoms with Crippen LogP contribution in [0.4, 0.5) is 0 Å². The van der Waals surface area contributed by atoms with Gasteiger partial charge in [-0.1, -0.05) is 66.7 Å².